The number of hydrogen-bond acceptors (Lipinski definition) is 5. The molecule has 2 saturated heterocycles. The summed E-state index contributed by atoms with van der Waals surface area (Å²) in [6.45, 7) is 2.53. The van der Waals surface area contributed by atoms with Gasteiger partial charge in [0.2, 0.25) is 0 Å². The van der Waals surface area contributed by atoms with Gasteiger partial charge in [-0.1, -0.05) is 19.8 Å². The average Bonchev–Trinajstić information content (AvgIpc) is 2.88. The van der Waals surface area contributed by atoms with Gasteiger partial charge in [0.05, 0.1) is 0 Å². The van der Waals surface area contributed by atoms with E-state index in [-0.39, 0.29) is 24.3 Å². The summed E-state index contributed by atoms with van der Waals surface area (Å²) in [4.78, 5) is 51.7. The number of nitrogens with zero attached hydrogens (tertiary/aromatic N) is 2. The van der Waals surface area contributed by atoms with Crippen molar-refractivity contribution in [3.63, 3.8) is 0 Å². The van der Waals surface area contributed by atoms with Crippen molar-refractivity contribution < 1.29 is 23.9 Å². The van der Waals surface area contributed by atoms with Crippen LogP contribution in [-0.4, -0.2) is 65.4 Å². The zero-order valence-electron chi connectivity index (χ0n) is 15.3. The zero-order chi connectivity index (χ0) is 18.7. The Labute approximate surface area is 153 Å². The van der Waals surface area contributed by atoms with E-state index in [1.807, 2.05) is 6.92 Å². The molecule has 144 valence electrons. The molecule has 0 radical (unpaired) electrons. The molecule has 3 fully saturated rings. The number of likely N-dealkylation sites (tertiary alicyclic amines) is 1. The van der Waals surface area contributed by atoms with Gasteiger partial charge in [-0.05, 0) is 38.0 Å². The first kappa shape index (κ1) is 18.7. The Morgan fingerprint density at radius 1 is 1.15 bits per heavy atom. The molecule has 1 spiro atoms. The van der Waals surface area contributed by atoms with Crippen LogP contribution in [0.1, 0.15) is 51.9 Å². The minimum atomic E-state index is -0.890. The van der Waals surface area contributed by atoms with Gasteiger partial charge in [-0.15, -0.1) is 0 Å². The number of amides is 4. The van der Waals surface area contributed by atoms with Crippen LogP contribution in [-0.2, 0) is 19.1 Å². The number of hydrogen-bond donors (Lipinski definition) is 1. The number of ether oxygens (including phenoxy) is 1. The van der Waals surface area contributed by atoms with Crippen LogP contribution >= 0.6 is 0 Å². The van der Waals surface area contributed by atoms with Crippen molar-refractivity contribution in [2.75, 3.05) is 26.2 Å². The highest BCUT2D eigenvalue weighted by molar-refractivity contribution is 6.09. The lowest BCUT2D eigenvalue weighted by atomic mass is 9.73. The fourth-order valence-corrected chi connectivity index (χ4v) is 4.19. The van der Waals surface area contributed by atoms with Crippen LogP contribution < -0.4 is 5.32 Å². The third-order valence-electron chi connectivity index (χ3n) is 5.85. The van der Waals surface area contributed by atoms with E-state index in [1.54, 1.807) is 4.90 Å². The van der Waals surface area contributed by atoms with Crippen molar-refractivity contribution in [2.24, 2.45) is 5.92 Å². The van der Waals surface area contributed by atoms with E-state index in [0.717, 1.165) is 43.4 Å². The van der Waals surface area contributed by atoms with Crippen LogP contribution in [0.3, 0.4) is 0 Å². The molecule has 4 amide bonds. The summed E-state index contributed by atoms with van der Waals surface area (Å²) in [5.41, 5.74) is -0.890. The minimum Gasteiger partial charge on any atom is -0.454 e. The molecule has 0 aromatic rings. The minimum absolute atomic E-state index is 0.0365. The molecule has 2 atom stereocenters. The molecule has 2 aliphatic heterocycles. The van der Waals surface area contributed by atoms with Crippen molar-refractivity contribution >= 4 is 23.8 Å². The Morgan fingerprint density at radius 2 is 1.88 bits per heavy atom. The molecule has 0 aromatic heterocycles. The number of carbonyl (C=O) groups excluding carboxylic acids is 4. The molecule has 1 saturated carbocycles. The fourth-order valence-electron chi connectivity index (χ4n) is 4.19. The van der Waals surface area contributed by atoms with Crippen LogP contribution in [0.25, 0.3) is 0 Å². The molecule has 1 aliphatic carbocycles. The average molecular weight is 365 g/mol. The van der Waals surface area contributed by atoms with E-state index in [1.165, 1.54) is 0 Å². The van der Waals surface area contributed by atoms with E-state index in [0.29, 0.717) is 19.5 Å². The van der Waals surface area contributed by atoms with E-state index < -0.39 is 24.1 Å². The summed E-state index contributed by atoms with van der Waals surface area (Å²) < 4.78 is 5.01. The maximum Gasteiger partial charge on any atom is 0.326 e. The highest BCUT2D eigenvalue weighted by Crippen LogP contribution is 2.38. The van der Waals surface area contributed by atoms with Gasteiger partial charge in [0, 0.05) is 13.1 Å². The summed E-state index contributed by atoms with van der Waals surface area (Å²) in [5.74, 6) is -1.28. The first-order valence-corrected chi connectivity index (χ1v) is 9.51. The van der Waals surface area contributed by atoms with Gasteiger partial charge in [-0.2, -0.15) is 0 Å². The highest BCUT2D eigenvalue weighted by atomic mass is 16.5. The third-order valence-corrected chi connectivity index (χ3v) is 5.85. The second kappa shape index (κ2) is 7.63. The molecule has 3 rings (SSSR count). The predicted molar refractivity (Wildman–Crippen MR) is 92.0 cm³/mol. The normalized spacial score (nSPS) is 29.0. The Kier molecular flexibility index (Phi) is 5.48. The molecular formula is C18H27N3O5. The van der Waals surface area contributed by atoms with Gasteiger partial charge in [-0.25, -0.2) is 4.79 Å². The van der Waals surface area contributed by atoms with Crippen molar-refractivity contribution in [3.8, 4) is 0 Å². The largest absolute Gasteiger partial charge is 0.454 e. The SMILES string of the molecule is C[C@@H]1CCCC[C@]12NC(=O)N(CC(=O)OCC(=O)N1CCCCC1)C2=O. The molecule has 0 bridgehead atoms. The number of carbonyl (C=O) groups is 4. The van der Waals surface area contributed by atoms with Gasteiger partial charge in [0.25, 0.3) is 11.8 Å². The Balaban J connectivity index is 1.53. The van der Waals surface area contributed by atoms with Gasteiger partial charge < -0.3 is 15.0 Å². The van der Waals surface area contributed by atoms with Gasteiger partial charge in [-0.3, -0.25) is 19.3 Å². The second-order valence-corrected chi connectivity index (χ2v) is 7.54. The first-order valence-electron chi connectivity index (χ1n) is 9.51. The number of piperidine rings is 1. The zero-order valence-corrected chi connectivity index (χ0v) is 15.3. The monoisotopic (exact) mass is 365 g/mol. The molecule has 8 heteroatoms. The van der Waals surface area contributed by atoms with Crippen LogP contribution in [0.4, 0.5) is 4.79 Å². The van der Waals surface area contributed by atoms with Crippen LogP contribution in [0.2, 0.25) is 0 Å². The standard InChI is InChI=1S/C18H27N3O5/c1-13-7-3-4-8-18(13)16(24)21(17(25)19-18)11-15(23)26-12-14(22)20-9-5-2-6-10-20/h13H,2-12H2,1H3,(H,19,25)/t13-,18+/m1/s1. The molecule has 26 heavy (non-hydrogen) atoms. The molecule has 0 unspecified atom stereocenters. The van der Waals surface area contributed by atoms with Crippen molar-refractivity contribution in [2.45, 2.75) is 57.4 Å². The van der Waals surface area contributed by atoms with E-state index >= 15 is 0 Å². The number of nitrogens with one attached hydrogen (secondary N) is 1. The van der Waals surface area contributed by atoms with E-state index in [2.05, 4.69) is 5.32 Å². The lowest BCUT2D eigenvalue weighted by molar-refractivity contribution is -0.154. The number of imide groups is 1. The molecule has 1 N–H and O–H groups in total. The molecule has 3 aliphatic rings. The van der Waals surface area contributed by atoms with Gasteiger partial charge >= 0.3 is 12.0 Å². The Hall–Kier alpha value is -2.12. The quantitative estimate of drug-likeness (QED) is 0.593. The van der Waals surface area contributed by atoms with Crippen LogP contribution in [0, 0.1) is 5.92 Å². The van der Waals surface area contributed by atoms with Gasteiger partial charge in [0.1, 0.15) is 12.1 Å². The van der Waals surface area contributed by atoms with Crippen molar-refractivity contribution in [1.82, 2.24) is 15.1 Å². The summed E-state index contributed by atoms with van der Waals surface area (Å²) in [6.07, 6.45) is 6.40. The fraction of sp³-hybridized carbons (Fsp3) is 0.778. The van der Waals surface area contributed by atoms with Crippen LogP contribution in [0.15, 0.2) is 0 Å². The number of rotatable bonds is 4. The lowest BCUT2D eigenvalue weighted by Gasteiger charge is -2.36. The first-order chi connectivity index (χ1) is 12.4. The summed E-state index contributed by atoms with van der Waals surface area (Å²) in [7, 11) is 0. The van der Waals surface area contributed by atoms with Crippen molar-refractivity contribution in [3.05, 3.63) is 0 Å². The van der Waals surface area contributed by atoms with E-state index in [9.17, 15) is 19.2 Å². The molecular weight excluding hydrogens is 338 g/mol. The maximum atomic E-state index is 12.8. The molecule has 2 heterocycles. The summed E-state index contributed by atoms with van der Waals surface area (Å²) >= 11 is 0. The van der Waals surface area contributed by atoms with Crippen molar-refractivity contribution in [1.29, 1.82) is 0 Å². The molecule has 0 aromatic carbocycles. The predicted octanol–water partition coefficient (Wildman–Crippen LogP) is 1.04. The maximum absolute atomic E-state index is 12.8. The Bertz CT molecular complexity index is 602. The lowest BCUT2D eigenvalue weighted by Crippen LogP contribution is -2.54. The topological polar surface area (TPSA) is 96.0 Å². The van der Waals surface area contributed by atoms with E-state index in [4.69, 9.17) is 4.74 Å². The Morgan fingerprint density at radius 3 is 2.58 bits per heavy atom. The van der Waals surface area contributed by atoms with Crippen LogP contribution in [0.5, 0.6) is 0 Å². The smallest absolute Gasteiger partial charge is 0.326 e. The molecule has 8 nitrogen and oxygen atoms in total. The number of urea groups is 1. The summed E-state index contributed by atoms with van der Waals surface area (Å²) in [6, 6.07) is -0.553. The second-order valence-electron chi connectivity index (χ2n) is 7.54. The highest BCUT2D eigenvalue weighted by Gasteiger charge is 2.55. The summed E-state index contributed by atoms with van der Waals surface area (Å²) in [5, 5.41) is 2.80. The third kappa shape index (κ3) is 3.54. The van der Waals surface area contributed by atoms with Gasteiger partial charge in [0.15, 0.2) is 6.61 Å². The number of esters is 1.